The van der Waals surface area contributed by atoms with Crippen LogP contribution in [0.4, 0.5) is 19.0 Å². The summed E-state index contributed by atoms with van der Waals surface area (Å²) in [6, 6.07) is 5.98. The van der Waals surface area contributed by atoms with Crippen molar-refractivity contribution in [3.05, 3.63) is 41.6 Å². The minimum atomic E-state index is -4.48. The van der Waals surface area contributed by atoms with Crippen molar-refractivity contribution in [2.75, 3.05) is 45.7 Å². The van der Waals surface area contributed by atoms with Crippen LogP contribution in [0.5, 0.6) is 5.75 Å². The third-order valence-electron chi connectivity index (χ3n) is 5.72. The van der Waals surface area contributed by atoms with Gasteiger partial charge in [-0.2, -0.15) is 18.3 Å². The molecule has 1 aromatic carbocycles. The maximum Gasteiger partial charge on any atom is 0.410 e. The summed E-state index contributed by atoms with van der Waals surface area (Å²) in [5, 5.41) is 7.18. The largest absolute Gasteiger partial charge is 0.497 e. The van der Waals surface area contributed by atoms with Gasteiger partial charge in [-0.3, -0.25) is 4.79 Å². The summed E-state index contributed by atoms with van der Waals surface area (Å²) in [5.41, 5.74) is 0.746. The number of benzene rings is 1. The predicted molar refractivity (Wildman–Crippen MR) is 105 cm³/mol. The molecule has 1 amide bonds. The number of hydrogen-bond donors (Lipinski definition) is 1. The Kier molecular flexibility index (Phi) is 5.35. The number of fused-ring (bicyclic) bond motifs is 1. The van der Waals surface area contributed by atoms with Gasteiger partial charge in [0.1, 0.15) is 11.6 Å². The lowest BCUT2D eigenvalue weighted by Crippen LogP contribution is -2.47. The molecule has 0 spiro atoms. The highest BCUT2D eigenvalue weighted by molar-refractivity contribution is 5.93. The first-order valence-electron chi connectivity index (χ1n) is 9.81. The quantitative estimate of drug-likeness (QED) is 0.823. The number of amides is 1. The van der Waals surface area contributed by atoms with E-state index in [9.17, 15) is 18.0 Å². The molecule has 3 heterocycles. The molecule has 162 valence electrons. The standard InChI is InChI=1S/C20H24F3N5O2/c1-26-7-9-27(10-8-26)19(29)16-12-18-24-15(13-3-5-14(30-2)6-4-13)11-17(20(21,22)23)28(18)25-16/h3-6,12,15,17,24H,7-11H2,1-2H3. The van der Waals surface area contributed by atoms with Crippen molar-refractivity contribution in [3.8, 4) is 5.75 Å². The molecule has 0 bridgehead atoms. The highest BCUT2D eigenvalue weighted by atomic mass is 19.4. The van der Waals surface area contributed by atoms with E-state index in [1.54, 1.807) is 29.2 Å². The number of nitrogens with one attached hydrogen (secondary N) is 1. The monoisotopic (exact) mass is 423 g/mol. The second kappa shape index (κ2) is 7.82. The second-order valence-corrected chi connectivity index (χ2v) is 7.72. The summed E-state index contributed by atoms with van der Waals surface area (Å²) in [5.74, 6) is 0.489. The van der Waals surface area contributed by atoms with E-state index >= 15 is 0 Å². The molecule has 10 heteroatoms. The number of halogens is 3. The molecule has 7 nitrogen and oxygen atoms in total. The highest BCUT2D eigenvalue weighted by Gasteiger charge is 2.47. The summed E-state index contributed by atoms with van der Waals surface area (Å²) < 4.78 is 47.5. The lowest BCUT2D eigenvalue weighted by molar-refractivity contribution is -0.173. The smallest absolute Gasteiger partial charge is 0.410 e. The minimum absolute atomic E-state index is 0.0340. The minimum Gasteiger partial charge on any atom is -0.497 e. The zero-order valence-electron chi connectivity index (χ0n) is 16.8. The maximum atomic E-state index is 13.8. The fraction of sp³-hybridized carbons (Fsp3) is 0.500. The van der Waals surface area contributed by atoms with Crippen molar-refractivity contribution >= 4 is 11.7 Å². The number of ether oxygens (including phenoxy) is 1. The van der Waals surface area contributed by atoms with E-state index in [0.29, 0.717) is 24.4 Å². The number of anilines is 1. The third kappa shape index (κ3) is 3.96. The van der Waals surface area contributed by atoms with Crippen molar-refractivity contribution in [2.45, 2.75) is 24.7 Å². The number of aromatic nitrogens is 2. The number of piperazine rings is 1. The van der Waals surface area contributed by atoms with Crippen LogP contribution in [0, 0.1) is 0 Å². The molecule has 0 aliphatic carbocycles. The van der Waals surface area contributed by atoms with Crippen LogP contribution in [0.3, 0.4) is 0 Å². The predicted octanol–water partition coefficient (Wildman–Crippen LogP) is 2.94. The number of rotatable bonds is 3. The Morgan fingerprint density at radius 1 is 1.17 bits per heavy atom. The van der Waals surface area contributed by atoms with Crippen LogP contribution >= 0.6 is 0 Å². The van der Waals surface area contributed by atoms with Gasteiger partial charge >= 0.3 is 6.18 Å². The molecule has 2 aromatic rings. The SMILES string of the molecule is COc1ccc(C2CC(C(F)(F)F)n3nc(C(=O)N4CCN(C)CC4)cc3N2)cc1. The summed E-state index contributed by atoms with van der Waals surface area (Å²) in [7, 11) is 3.50. The fourth-order valence-corrected chi connectivity index (χ4v) is 3.90. The molecular formula is C20H24F3N5O2. The number of carbonyl (C=O) groups excluding carboxylic acids is 1. The molecule has 0 radical (unpaired) electrons. The van der Waals surface area contributed by atoms with Gasteiger partial charge in [-0.25, -0.2) is 4.68 Å². The van der Waals surface area contributed by atoms with E-state index in [-0.39, 0.29) is 23.8 Å². The van der Waals surface area contributed by atoms with Gasteiger partial charge < -0.3 is 19.9 Å². The van der Waals surface area contributed by atoms with Crippen molar-refractivity contribution < 1.29 is 22.7 Å². The van der Waals surface area contributed by atoms with Crippen molar-refractivity contribution in [1.82, 2.24) is 19.6 Å². The van der Waals surface area contributed by atoms with Gasteiger partial charge in [0.25, 0.3) is 5.91 Å². The Morgan fingerprint density at radius 3 is 2.43 bits per heavy atom. The van der Waals surface area contributed by atoms with Crippen molar-refractivity contribution in [2.24, 2.45) is 0 Å². The van der Waals surface area contributed by atoms with E-state index in [1.165, 1.54) is 13.2 Å². The van der Waals surface area contributed by atoms with Gasteiger partial charge in [-0.15, -0.1) is 0 Å². The first kappa shape index (κ1) is 20.5. The van der Waals surface area contributed by atoms with E-state index in [1.807, 2.05) is 7.05 Å². The number of hydrogen-bond acceptors (Lipinski definition) is 5. The Balaban J connectivity index is 1.62. The van der Waals surface area contributed by atoms with Gasteiger partial charge in [0.2, 0.25) is 0 Å². The topological polar surface area (TPSA) is 62.6 Å². The van der Waals surface area contributed by atoms with Gasteiger partial charge in [0, 0.05) is 38.7 Å². The van der Waals surface area contributed by atoms with E-state index in [0.717, 1.165) is 17.8 Å². The third-order valence-corrected chi connectivity index (χ3v) is 5.72. The maximum absolute atomic E-state index is 13.8. The lowest BCUT2D eigenvalue weighted by Gasteiger charge is -2.33. The van der Waals surface area contributed by atoms with Crippen LogP contribution in [-0.4, -0.2) is 72.0 Å². The van der Waals surface area contributed by atoms with Crippen molar-refractivity contribution in [1.29, 1.82) is 0 Å². The summed E-state index contributed by atoms with van der Waals surface area (Å²) in [4.78, 5) is 16.5. The Bertz CT molecular complexity index is 904. The molecule has 1 fully saturated rings. The van der Waals surface area contributed by atoms with Crippen LogP contribution in [-0.2, 0) is 0 Å². The number of carbonyl (C=O) groups is 1. The first-order valence-corrected chi connectivity index (χ1v) is 9.81. The van der Waals surface area contributed by atoms with Gasteiger partial charge in [0.05, 0.1) is 13.2 Å². The number of likely N-dealkylation sites (N-methyl/N-ethyl adjacent to an activating group) is 1. The van der Waals surface area contributed by atoms with Crippen LogP contribution in [0.25, 0.3) is 0 Å². The number of nitrogens with zero attached hydrogens (tertiary/aromatic N) is 4. The summed E-state index contributed by atoms with van der Waals surface area (Å²) >= 11 is 0. The Morgan fingerprint density at radius 2 is 1.83 bits per heavy atom. The molecule has 2 aliphatic rings. The van der Waals surface area contributed by atoms with E-state index < -0.39 is 18.3 Å². The van der Waals surface area contributed by atoms with Gasteiger partial charge in [-0.05, 0) is 24.7 Å². The second-order valence-electron chi connectivity index (χ2n) is 7.72. The number of methoxy groups -OCH3 is 1. The zero-order chi connectivity index (χ0) is 21.5. The molecule has 2 unspecified atom stereocenters. The van der Waals surface area contributed by atoms with E-state index in [4.69, 9.17) is 4.74 Å². The normalized spacial score (nSPS) is 22.4. The summed E-state index contributed by atoms with van der Waals surface area (Å²) in [6.45, 7) is 2.51. The van der Waals surface area contributed by atoms with Gasteiger partial charge in [-0.1, -0.05) is 12.1 Å². The molecule has 1 N–H and O–H groups in total. The molecule has 4 rings (SSSR count). The Hall–Kier alpha value is -2.75. The van der Waals surface area contributed by atoms with E-state index in [2.05, 4.69) is 15.3 Å². The average Bonchev–Trinajstić information content (AvgIpc) is 3.16. The molecule has 0 saturated carbocycles. The molecule has 1 saturated heterocycles. The molecule has 30 heavy (non-hydrogen) atoms. The highest BCUT2D eigenvalue weighted by Crippen LogP contribution is 2.43. The average molecular weight is 423 g/mol. The molecule has 2 atom stereocenters. The van der Waals surface area contributed by atoms with Crippen LogP contribution in [0.15, 0.2) is 30.3 Å². The molecule has 1 aromatic heterocycles. The number of alkyl halides is 3. The zero-order valence-corrected chi connectivity index (χ0v) is 16.8. The van der Waals surface area contributed by atoms with Gasteiger partial charge in [0.15, 0.2) is 11.7 Å². The summed E-state index contributed by atoms with van der Waals surface area (Å²) in [6.07, 6.45) is -4.70. The molecule has 2 aliphatic heterocycles. The van der Waals surface area contributed by atoms with Crippen LogP contribution in [0.2, 0.25) is 0 Å². The van der Waals surface area contributed by atoms with Crippen molar-refractivity contribution in [3.63, 3.8) is 0 Å². The van der Waals surface area contributed by atoms with Crippen LogP contribution in [0.1, 0.15) is 34.6 Å². The molecular weight excluding hydrogens is 399 g/mol. The van der Waals surface area contributed by atoms with Crippen LogP contribution < -0.4 is 10.1 Å². The first-order chi connectivity index (χ1) is 14.3. The lowest BCUT2D eigenvalue weighted by atomic mass is 9.97. The fourth-order valence-electron chi connectivity index (χ4n) is 3.90. The Labute approximate surface area is 172 Å².